The molecule has 0 saturated carbocycles. The van der Waals surface area contributed by atoms with Gasteiger partial charge < -0.3 is 20.7 Å². The highest BCUT2D eigenvalue weighted by Gasteiger charge is 2.18. The van der Waals surface area contributed by atoms with Crippen LogP contribution in [0, 0.1) is 0 Å². The molecule has 23 heavy (non-hydrogen) atoms. The monoisotopic (exact) mass is 339 g/mol. The molecule has 2 amide bonds. The van der Waals surface area contributed by atoms with Crippen LogP contribution in [0.3, 0.4) is 0 Å². The van der Waals surface area contributed by atoms with E-state index in [2.05, 4.69) is 22.5 Å². The summed E-state index contributed by atoms with van der Waals surface area (Å²) >= 11 is 0. The quantitative estimate of drug-likeness (QED) is 0.683. The third kappa shape index (κ3) is 6.02. The number of hydrogen-bond donors (Lipinski definition) is 3. The van der Waals surface area contributed by atoms with Crippen molar-refractivity contribution >= 4 is 29.9 Å². The number of rotatable bonds is 6. The molecule has 0 bridgehead atoms. The molecule has 126 valence electrons. The van der Waals surface area contributed by atoms with Crippen LogP contribution in [0.25, 0.3) is 0 Å². The van der Waals surface area contributed by atoms with Gasteiger partial charge in [-0.05, 0) is 12.1 Å². The number of morpholine rings is 1. The number of nitrogens with one attached hydrogen (secondary N) is 3. The maximum atomic E-state index is 12.1. The van der Waals surface area contributed by atoms with Gasteiger partial charge in [0.2, 0.25) is 5.91 Å². The lowest BCUT2D eigenvalue weighted by Crippen LogP contribution is -2.43. The standard InChI is InChI=1S/C16H21N3O3.ClH/c1-2-7-18-16(21)13-5-3-4-6-14(13)19-15(20)10-12-11-22-9-8-17-12;/h2-6,12,17H,1,7-11H2,(H,18,21)(H,19,20);1H. The molecule has 1 aliphatic rings. The Morgan fingerprint density at radius 2 is 2.17 bits per heavy atom. The predicted octanol–water partition coefficient (Wildman–Crippen LogP) is 1.34. The molecule has 1 aliphatic heterocycles. The first-order chi connectivity index (χ1) is 10.7. The van der Waals surface area contributed by atoms with Crippen LogP contribution in [-0.4, -0.2) is 44.2 Å². The fraction of sp³-hybridized carbons (Fsp3) is 0.375. The van der Waals surface area contributed by atoms with Gasteiger partial charge in [-0.2, -0.15) is 0 Å². The van der Waals surface area contributed by atoms with Crippen LogP contribution in [0.5, 0.6) is 0 Å². The largest absolute Gasteiger partial charge is 0.378 e. The van der Waals surface area contributed by atoms with Gasteiger partial charge in [-0.3, -0.25) is 9.59 Å². The van der Waals surface area contributed by atoms with Gasteiger partial charge in [-0.15, -0.1) is 19.0 Å². The van der Waals surface area contributed by atoms with Gasteiger partial charge in [0.25, 0.3) is 5.91 Å². The van der Waals surface area contributed by atoms with E-state index < -0.39 is 0 Å². The van der Waals surface area contributed by atoms with Gasteiger partial charge in [-0.25, -0.2) is 0 Å². The first-order valence-corrected chi connectivity index (χ1v) is 7.30. The maximum Gasteiger partial charge on any atom is 0.253 e. The Bertz CT molecular complexity index is 545. The van der Waals surface area contributed by atoms with Crippen LogP contribution < -0.4 is 16.0 Å². The lowest BCUT2D eigenvalue weighted by atomic mass is 10.1. The van der Waals surface area contributed by atoms with E-state index in [9.17, 15) is 9.59 Å². The summed E-state index contributed by atoms with van der Waals surface area (Å²) in [7, 11) is 0. The second kappa shape index (κ2) is 9.99. The zero-order valence-corrected chi connectivity index (χ0v) is 13.7. The van der Waals surface area contributed by atoms with Crippen molar-refractivity contribution in [2.75, 3.05) is 31.6 Å². The number of para-hydroxylation sites is 1. The van der Waals surface area contributed by atoms with Crippen molar-refractivity contribution in [2.24, 2.45) is 0 Å². The summed E-state index contributed by atoms with van der Waals surface area (Å²) in [5.74, 6) is -0.387. The average Bonchev–Trinajstić information content (AvgIpc) is 2.54. The average molecular weight is 340 g/mol. The van der Waals surface area contributed by atoms with Crippen LogP contribution in [0.4, 0.5) is 5.69 Å². The number of hydrogen-bond acceptors (Lipinski definition) is 4. The smallest absolute Gasteiger partial charge is 0.253 e. The third-order valence-electron chi connectivity index (χ3n) is 3.28. The summed E-state index contributed by atoms with van der Waals surface area (Å²) in [6.07, 6.45) is 1.91. The Kier molecular flexibility index (Phi) is 8.32. The first kappa shape index (κ1) is 19.2. The minimum absolute atomic E-state index is 0. The Balaban J connectivity index is 0.00000264. The molecule has 3 N–H and O–H groups in total. The van der Waals surface area contributed by atoms with E-state index in [4.69, 9.17) is 4.74 Å². The number of anilines is 1. The molecule has 1 saturated heterocycles. The Morgan fingerprint density at radius 1 is 1.39 bits per heavy atom. The summed E-state index contributed by atoms with van der Waals surface area (Å²) in [5.41, 5.74) is 0.941. The van der Waals surface area contributed by atoms with Gasteiger partial charge >= 0.3 is 0 Å². The van der Waals surface area contributed by atoms with Gasteiger partial charge in [0.05, 0.1) is 24.5 Å². The molecule has 1 fully saturated rings. The van der Waals surface area contributed by atoms with E-state index in [1.165, 1.54) is 0 Å². The molecule has 6 nitrogen and oxygen atoms in total. The first-order valence-electron chi connectivity index (χ1n) is 7.30. The summed E-state index contributed by atoms with van der Waals surface area (Å²) in [5, 5.41) is 8.72. The van der Waals surface area contributed by atoms with E-state index >= 15 is 0 Å². The molecule has 7 heteroatoms. The minimum atomic E-state index is -0.241. The summed E-state index contributed by atoms with van der Waals surface area (Å²) in [4.78, 5) is 24.2. The molecule has 0 aliphatic carbocycles. The van der Waals surface area contributed by atoms with Gasteiger partial charge in [0.1, 0.15) is 0 Å². The fourth-order valence-electron chi connectivity index (χ4n) is 2.23. The number of halogens is 1. The summed E-state index contributed by atoms with van der Waals surface area (Å²) in [6.45, 7) is 5.88. The number of carbonyl (C=O) groups is 2. The van der Waals surface area contributed by atoms with E-state index in [1.54, 1.807) is 30.3 Å². The third-order valence-corrected chi connectivity index (χ3v) is 3.28. The summed E-state index contributed by atoms with van der Waals surface area (Å²) < 4.78 is 5.32. The second-order valence-electron chi connectivity index (χ2n) is 5.02. The van der Waals surface area contributed by atoms with E-state index in [0.29, 0.717) is 37.4 Å². The highest BCUT2D eigenvalue weighted by molar-refractivity contribution is 6.03. The van der Waals surface area contributed by atoms with Crippen molar-refractivity contribution in [3.63, 3.8) is 0 Å². The van der Waals surface area contributed by atoms with Crippen LogP contribution in [0.2, 0.25) is 0 Å². The van der Waals surface area contributed by atoms with Crippen molar-refractivity contribution < 1.29 is 14.3 Å². The zero-order chi connectivity index (χ0) is 15.8. The molecule has 1 atom stereocenters. The van der Waals surface area contributed by atoms with Crippen LogP contribution in [0.1, 0.15) is 16.8 Å². The van der Waals surface area contributed by atoms with E-state index in [1.807, 2.05) is 0 Å². The van der Waals surface area contributed by atoms with Crippen molar-refractivity contribution in [2.45, 2.75) is 12.5 Å². The Morgan fingerprint density at radius 3 is 2.87 bits per heavy atom. The zero-order valence-electron chi connectivity index (χ0n) is 12.8. The Labute approximate surface area is 142 Å². The van der Waals surface area contributed by atoms with Crippen LogP contribution in [-0.2, 0) is 9.53 Å². The predicted molar refractivity (Wildman–Crippen MR) is 92.1 cm³/mol. The SMILES string of the molecule is C=CCNC(=O)c1ccccc1NC(=O)CC1COCCN1.Cl. The normalized spacial score (nSPS) is 16.8. The maximum absolute atomic E-state index is 12.1. The van der Waals surface area contributed by atoms with Gasteiger partial charge in [0.15, 0.2) is 0 Å². The van der Waals surface area contributed by atoms with E-state index in [-0.39, 0.29) is 30.3 Å². The molecule has 0 spiro atoms. The molecule has 1 aromatic carbocycles. The fourth-order valence-corrected chi connectivity index (χ4v) is 2.23. The van der Waals surface area contributed by atoms with Crippen molar-refractivity contribution in [3.8, 4) is 0 Å². The molecule has 2 rings (SSSR count). The van der Waals surface area contributed by atoms with Crippen molar-refractivity contribution in [1.29, 1.82) is 0 Å². The minimum Gasteiger partial charge on any atom is -0.378 e. The highest BCUT2D eigenvalue weighted by Crippen LogP contribution is 2.15. The number of benzene rings is 1. The lowest BCUT2D eigenvalue weighted by molar-refractivity contribution is -0.117. The van der Waals surface area contributed by atoms with Crippen molar-refractivity contribution in [3.05, 3.63) is 42.5 Å². The lowest BCUT2D eigenvalue weighted by Gasteiger charge is -2.23. The van der Waals surface area contributed by atoms with E-state index in [0.717, 1.165) is 6.54 Å². The van der Waals surface area contributed by atoms with Crippen LogP contribution in [0.15, 0.2) is 36.9 Å². The summed E-state index contributed by atoms with van der Waals surface area (Å²) in [6, 6.07) is 6.94. The number of amides is 2. The molecule has 1 heterocycles. The Hall–Kier alpha value is -1.89. The molecule has 0 aromatic heterocycles. The second-order valence-corrected chi connectivity index (χ2v) is 5.02. The highest BCUT2D eigenvalue weighted by atomic mass is 35.5. The van der Waals surface area contributed by atoms with Gasteiger partial charge in [-0.1, -0.05) is 18.2 Å². The molecular formula is C16H22ClN3O3. The van der Waals surface area contributed by atoms with Crippen molar-refractivity contribution in [1.82, 2.24) is 10.6 Å². The number of carbonyl (C=O) groups excluding carboxylic acids is 2. The molecule has 0 radical (unpaired) electrons. The molecular weight excluding hydrogens is 318 g/mol. The topological polar surface area (TPSA) is 79.5 Å². The molecule has 1 unspecified atom stereocenters. The number of ether oxygens (including phenoxy) is 1. The van der Waals surface area contributed by atoms with Crippen LogP contribution >= 0.6 is 12.4 Å². The van der Waals surface area contributed by atoms with Gasteiger partial charge in [0, 0.05) is 25.6 Å². The molecule has 1 aromatic rings.